The first kappa shape index (κ1) is 9.64. The highest BCUT2D eigenvalue weighted by molar-refractivity contribution is 5.97. The van der Waals surface area contributed by atoms with Gasteiger partial charge in [-0.25, -0.2) is 5.01 Å². The lowest BCUT2D eigenvalue weighted by Crippen LogP contribution is -2.34. The van der Waals surface area contributed by atoms with Gasteiger partial charge in [-0.2, -0.15) is 0 Å². The summed E-state index contributed by atoms with van der Waals surface area (Å²) in [6.07, 6.45) is 0.516. The van der Waals surface area contributed by atoms with E-state index in [0.29, 0.717) is 12.1 Å². The summed E-state index contributed by atoms with van der Waals surface area (Å²) in [6.45, 7) is 0. The Bertz CT molecular complexity index is 479. The summed E-state index contributed by atoms with van der Waals surface area (Å²) in [7, 11) is 0. The van der Waals surface area contributed by atoms with E-state index in [1.807, 2.05) is 42.0 Å². The molecule has 0 saturated carbocycles. The zero-order chi connectivity index (χ0) is 10.7. The molecule has 0 bridgehead atoms. The smallest absolute Gasteiger partial charge is 0.230 e. The summed E-state index contributed by atoms with van der Waals surface area (Å²) in [5.74, 6) is 0. The van der Waals surface area contributed by atoms with Crippen LogP contribution in [0.5, 0.6) is 0 Å². The molecule has 0 aromatic heterocycles. The molecular formula is C11H10N2O2. The summed E-state index contributed by atoms with van der Waals surface area (Å²) in [4.78, 5) is 10.7. The first-order valence-corrected chi connectivity index (χ1v) is 4.49. The van der Waals surface area contributed by atoms with E-state index in [4.69, 9.17) is 5.21 Å². The van der Waals surface area contributed by atoms with Crippen LogP contribution in [0.25, 0.3) is 10.8 Å². The van der Waals surface area contributed by atoms with Crippen LogP contribution in [0.15, 0.2) is 42.5 Å². The fourth-order valence-electron chi connectivity index (χ4n) is 1.55. The maximum atomic E-state index is 10.7. The van der Waals surface area contributed by atoms with Crippen molar-refractivity contribution in [2.75, 3.05) is 5.01 Å². The van der Waals surface area contributed by atoms with Gasteiger partial charge >= 0.3 is 0 Å². The number of hydrazine groups is 1. The van der Waals surface area contributed by atoms with Gasteiger partial charge in [0.15, 0.2) is 0 Å². The quantitative estimate of drug-likeness (QED) is 0.588. The number of fused-ring (bicyclic) bond motifs is 1. The van der Waals surface area contributed by atoms with Gasteiger partial charge in [-0.1, -0.05) is 36.4 Å². The van der Waals surface area contributed by atoms with E-state index < -0.39 is 0 Å². The van der Waals surface area contributed by atoms with Gasteiger partial charge in [0.1, 0.15) is 0 Å². The molecule has 0 heterocycles. The SMILES string of the molecule is O=CN(NO)c1cccc2ccccc12. The predicted molar refractivity (Wildman–Crippen MR) is 57.4 cm³/mol. The van der Waals surface area contributed by atoms with Gasteiger partial charge in [0.05, 0.1) is 5.69 Å². The van der Waals surface area contributed by atoms with E-state index in [2.05, 4.69) is 0 Å². The minimum atomic E-state index is 0.516. The summed E-state index contributed by atoms with van der Waals surface area (Å²) in [6, 6.07) is 13.2. The topological polar surface area (TPSA) is 52.6 Å². The second-order valence-corrected chi connectivity index (χ2v) is 3.07. The zero-order valence-corrected chi connectivity index (χ0v) is 7.92. The van der Waals surface area contributed by atoms with Crippen LogP contribution in [0.3, 0.4) is 0 Å². The third kappa shape index (κ3) is 1.68. The van der Waals surface area contributed by atoms with Gasteiger partial charge in [0.25, 0.3) is 0 Å². The number of nitrogens with zero attached hydrogens (tertiary/aromatic N) is 1. The Labute approximate surface area is 86.7 Å². The molecule has 0 atom stereocenters. The molecular weight excluding hydrogens is 192 g/mol. The maximum Gasteiger partial charge on any atom is 0.230 e. The molecule has 0 aliphatic carbocycles. The molecule has 0 radical (unpaired) electrons. The largest absolute Gasteiger partial charge is 0.297 e. The van der Waals surface area contributed by atoms with Crippen LogP contribution < -0.4 is 10.6 Å². The first-order chi connectivity index (χ1) is 7.36. The van der Waals surface area contributed by atoms with E-state index in [1.165, 1.54) is 0 Å². The number of amides is 1. The van der Waals surface area contributed by atoms with Crippen molar-refractivity contribution in [3.8, 4) is 0 Å². The van der Waals surface area contributed by atoms with Gasteiger partial charge in [-0.15, -0.1) is 5.59 Å². The van der Waals surface area contributed by atoms with Crippen molar-refractivity contribution in [1.29, 1.82) is 0 Å². The number of anilines is 1. The number of hydrogen-bond acceptors (Lipinski definition) is 3. The molecule has 2 aromatic carbocycles. The molecule has 0 unspecified atom stereocenters. The standard InChI is InChI=1S/C11H10N2O2/c14-8-13(12-15)11-7-3-5-9-4-1-2-6-10(9)11/h1-8,12,15H. The average Bonchev–Trinajstić information content (AvgIpc) is 2.31. The van der Waals surface area contributed by atoms with Crippen molar-refractivity contribution in [3.05, 3.63) is 42.5 Å². The number of hydrogen-bond donors (Lipinski definition) is 2. The van der Waals surface area contributed by atoms with E-state index in [0.717, 1.165) is 15.8 Å². The summed E-state index contributed by atoms with van der Waals surface area (Å²) in [5.41, 5.74) is 2.44. The van der Waals surface area contributed by atoms with Crippen LogP contribution in [0.2, 0.25) is 0 Å². The van der Waals surface area contributed by atoms with Gasteiger partial charge in [0, 0.05) is 5.39 Å². The van der Waals surface area contributed by atoms with Crippen LogP contribution in [0.4, 0.5) is 5.69 Å². The lowest BCUT2D eigenvalue weighted by atomic mass is 10.1. The average molecular weight is 202 g/mol. The van der Waals surface area contributed by atoms with Crippen LogP contribution in [-0.2, 0) is 4.79 Å². The Kier molecular flexibility index (Phi) is 2.62. The molecule has 0 fully saturated rings. The second-order valence-electron chi connectivity index (χ2n) is 3.07. The van der Waals surface area contributed by atoms with E-state index in [-0.39, 0.29) is 0 Å². The van der Waals surface area contributed by atoms with Gasteiger partial charge < -0.3 is 0 Å². The lowest BCUT2D eigenvalue weighted by molar-refractivity contribution is -0.109. The predicted octanol–water partition coefficient (Wildman–Crippen LogP) is 1.70. The van der Waals surface area contributed by atoms with Crippen LogP contribution in [0.1, 0.15) is 0 Å². The van der Waals surface area contributed by atoms with E-state index >= 15 is 0 Å². The fourth-order valence-corrected chi connectivity index (χ4v) is 1.55. The van der Waals surface area contributed by atoms with Crippen molar-refractivity contribution in [2.24, 2.45) is 0 Å². The molecule has 0 aliphatic heterocycles. The lowest BCUT2D eigenvalue weighted by Gasteiger charge is -2.16. The Morgan fingerprint density at radius 2 is 1.87 bits per heavy atom. The first-order valence-electron chi connectivity index (χ1n) is 4.49. The van der Waals surface area contributed by atoms with Crippen LogP contribution in [-0.4, -0.2) is 11.6 Å². The summed E-state index contributed by atoms with van der Waals surface area (Å²) >= 11 is 0. The van der Waals surface area contributed by atoms with Crippen molar-refractivity contribution in [2.45, 2.75) is 0 Å². The molecule has 2 N–H and O–H groups in total. The second kappa shape index (κ2) is 4.08. The number of nitrogens with one attached hydrogen (secondary N) is 1. The molecule has 0 saturated heterocycles. The Morgan fingerprint density at radius 1 is 1.13 bits per heavy atom. The van der Waals surface area contributed by atoms with Gasteiger partial charge in [0.2, 0.25) is 6.41 Å². The Morgan fingerprint density at radius 3 is 2.60 bits per heavy atom. The van der Waals surface area contributed by atoms with E-state index in [9.17, 15) is 4.79 Å². The van der Waals surface area contributed by atoms with Crippen LogP contribution >= 0.6 is 0 Å². The molecule has 4 heteroatoms. The third-order valence-electron chi connectivity index (χ3n) is 2.24. The fraction of sp³-hybridized carbons (Fsp3) is 0. The summed E-state index contributed by atoms with van der Waals surface area (Å²) < 4.78 is 0. The van der Waals surface area contributed by atoms with Gasteiger partial charge in [-0.3, -0.25) is 10.0 Å². The molecule has 0 aliphatic rings. The number of rotatable bonds is 3. The van der Waals surface area contributed by atoms with Crippen LogP contribution in [0, 0.1) is 0 Å². The molecule has 15 heavy (non-hydrogen) atoms. The number of benzene rings is 2. The summed E-state index contributed by atoms with van der Waals surface area (Å²) in [5, 5.41) is 11.7. The van der Waals surface area contributed by atoms with Crippen molar-refractivity contribution >= 4 is 22.9 Å². The van der Waals surface area contributed by atoms with Crippen molar-refractivity contribution < 1.29 is 10.0 Å². The van der Waals surface area contributed by atoms with Crippen molar-refractivity contribution in [1.82, 2.24) is 5.59 Å². The highest BCUT2D eigenvalue weighted by Gasteiger charge is 2.06. The molecule has 76 valence electrons. The highest BCUT2D eigenvalue weighted by Crippen LogP contribution is 2.24. The monoisotopic (exact) mass is 202 g/mol. The maximum absolute atomic E-state index is 10.7. The van der Waals surface area contributed by atoms with Gasteiger partial charge in [-0.05, 0) is 11.5 Å². The Hall–Kier alpha value is -1.91. The molecule has 1 amide bonds. The zero-order valence-electron chi connectivity index (χ0n) is 7.92. The number of carbonyl (C=O) groups excluding carboxylic acids is 1. The highest BCUT2D eigenvalue weighted by atomic mass is 16.5. The molecule has 2 rings (SSSR count). The van der Waals surface area contributed by atoms with E-state index in [1.54, 1.807) is 6.07 Å². The molecule has 0 spiro atoms. The van der Waals surface area contributed by atoms with Crippen molar-refractivity contribution in [3.63, 3.8) is 0 Å². The normalized spacial score (nSPS) is 10.2. The minimum absolute atomic E-state index is 0.516. The molecule has 2 aromatic rings. The minimum Gasteiger partial charge on any atom is -0.297 e. The molecule has 4 nitrogen and oxygen atoms in total. The Balaban J connectivity index is 2.64. The number of carbonyl (C=O) groups is 1. The third-order valence-corrected chi connectivity index (χ3v) is 2.24.